The highest BCUT2D eigenvalue weighted by Crippen LogP contribution is 2.21. The molecule has 0 radical (unpaired) electrons. The average molecular weight is 294 g/mol. The van der Waals surface area contributed by atoms with Gasteiger partial charge in [-0.05, 0) is 20.8 Å². The van der Waals surface area contributed by atoms with Gasteiger partial charge in [0.1, 0.15) is 0 Å². The molecule has 0 aliphatic carbocycles. The maximum Gasteiger partial charge on any atom is 0.257 e. The van der Waals surface area contributed by atoms with Crippen molar-refractivity contribution in [2.24, 2.45) is 0 Å². The van der Waals surface area contributed by atoms with E-state index in [2.05, 4.69) is 33.6 Å². The van der Waals surface area contributed by atoms with Crippen molar-refractivity contribution in [2.75, 3.05) is 44.7 Å². The summed E-state index contributed by atoms with van der Waals surface area (Å²) in [6, 6.07) is 0. The molecule has 0 amide bonds. The molecule has 118 valence electrons. The highest BCUT2D eigenvalue weighted by atomic mass is 16.5. The molecule has 1 saturated heterocycles. The number of morpholine rings is 1. The smallest absolute Gasteiger partial charge is 0.257 e. The Kier molecular flexibility index (Phi) is 5.76. The summed E-state index contributed by atoms with van der Waals surface area (Å²) < 4.78 is 11.3. The van der Waals surface area contributed by atoms with Crippen molar-refractivity contribution in [1.29, 1.82) is 0 Å². The first-order valence-corrected chi connectivity index (χ1v) is 7.63. The average Bonchev–Trinajstić information content (AvgIpc) is 2.45. The van der Waals surface area contributed by atoms with Gasteiger partial charge < -0.3 is 14.4 Å². The van der Waals surface area contributed by atoms with Gasteiger partial charge in [-0.2, -0.15) is 0 Å². The van der Waals surface area contributed by atoms with Crippen molar-refractivity contribution in [3.63, 3.8) is 0 Å². The highest BCUT2D eigenvalue weighted by molar-refractivity contribution is 5.46. The van der Waals surface area contributed by atoms with E-state index < -0.39 is 0 Å². The molecule has 21 heavy (non-hydrogen) atoms. The Morgan fingerprint density at radius 2 is 1.95 bits per heavy atom. The molecule has 0 saturated carbocycles. The van der Waals surface area contributed by atoms with Gasteiger partial charge in [0.15, 0.2) is 5.82 Å². The molecule has 0 N–H and O–H groups in total. The molecule has 1 fully saturated rings. The van der Waals surface area contributed by atoms with Crippen LogP contribution in [0.3, 0.4) is 0 Å². The van der Waals surface area contributed by atoms with Crippen molar-refractivity contribution >= 4 is 5.82 Å². The van der Waals surface area contributed by atoms with E-state index in [4.69, 9.17) is 9.47 Å². The van der Waals surface area contributed by atoms with Crippen LogP contribution < -0.4 is 9.64 Å². The number of ether oxygens (including phenoxy) is 2. The largest absolute Gasteiger partial charge is 0.475 e. The first kappa shape index (κ1) is 16.0. The molecule has 1 aromatic heterocycles. The first-order valence-electron chi connectivity index (χ1n) is 7.63. The van der Waals surface area contributed by atoms with E-state index in [1.165, 1.54) is 0 Å². The maximum atomic E-state index is 5.76. The molecule has 6 heteroatoms. The highest BCUT2D eigenvalue weighted by Gasteiger charge is 2.22. The predicted molar refractivity (Wildman–Crippen MR) is 82.9 cm³/mol. The summed E-state index contributed by atoms with van der Waals surface area (Å²) in [5, 5.41) is 0. The summed E-state index contributed by atoms with van der Waals surface area (Å²) in [5.74, 6) is 1.40. The van der Waals surface area contributed by atoms with Gasteiger partial charge in [-0.15, -0.1) is 0 Å². The van der Waals surface area contributed by atoms with E-state index in [9.17, 15) is 0 Å². The van der Waals surface area contributed by atoms with Gasteiger partial charge in [0.2, 0.25) is 0 Å². The Morgan fingerprint density at radius 3 is 2.62 bits per heavy atom. The Bertz CT molecular complexity index is 433. The van der Waals surface area contributed by atoms with E-state index in [0.29, 0.717) is 24.7 Å². The van der Waals surface area contributed by atoms with Gasteiger partial charge in [0, 0.05) is 45.6 Å². The minimum atomic E-state index is 0.301. The molecule has 1 aliphatic heterocycles. The lowest BCUT2D eigenvalue weighted by molar-refractivity contribution is -0.0670. The molecule has 2 atom stereocenters. The second kappa shape index (κ2) is 7.56. The van der Waals surface area contributed by atoms with Crippen LogP contribution >= 0.6 is 0 Å². The molecule has 1 aliphatic rings. The van der Waals surface area contributed by atoms with Crippen LogP contribution in [0.5, 0.6) is 5.88 Å². The van der Waals surface area contributed by atoms with Gasteiger partial charge >= 0.3 is 0 Å². The van der Waals surface area contributed by atoms with Crippen LogP contribution in [0.25, 0.3) is 0 Å². The molecule has 6 nitrogen and oxygen atoms in total. The third-order valence-corrected chi connectivity index (χ3v) is 3.54. The molecule has 1 aromatic rings. The fourth-order valence-electron chi connectivity index (χ4n) is 2.68. The zero-order valence-corrected chi connectivity index (χ0v) is 13.5. The Balaban J connectivity index is 1.91. The van der Waals surface area contributed by atoms with Crippen LogP contribution in [-0.4, -0.2) is 66.9 Å². The van der Waals surface area contributed by atoms with Crippen LogP contribution in [0, 0.1) is 0 Å². The second-order valence-electron chi connectivity index (χ2n) is 5.56. The molecule has 0 bridgehead atoms. The minimum Gasteiger partial charge on any atom is -0.475 e. The lowest BCUT2D eigenvalue weighted by Gasteiger charge is -2.36. The Labute approximate surface area is 127 Å². The third kappa shape index (κ3) is 4.54. The van der Waals surface area contributed by atoms with Gasteiger partial charge in [-0.3, -0.25) is 4.90 Å². The van der Waals surface area contributed by atoms with Crippen molar-refractivity contribution in [3.05, 3.63) is 12.4 Å². The summed E-state index contributed by atoms with van der Waals surface area (Å²) in [7, 11) is 2.03. The van der Waals surface area contributed by atoms with E-state index in [0.717, 1.165) is 32.0 Å². The van der Waals surface area contributed by atoms with Gasteiger partial charge in [0.05, 0.1) is 18.8 Å². The van der Waals surface area contributed by atoms with Crippen molar-refractivity contribution < 1.29 is 9.47 Å². The second-order valence-corrected chi connectivity index (χ2v) is 5.56. The number of rotatable bonds is 6. The van der Waals surface area contributed by atoms with E-state index in [-0.39, 0.29) is 0 Å². The molecule has 0 spiro atoms. The monoisotopic (exact) mass is 294 g/mol. The predicted octanol–water partition coefficient (Wildman–Crippen LogP) is 1.42. The third-order valence-electron chi connectivity index (χ3n) is 3.54. The van der Waals surface area contributed by atoms with Crippen LogP contribution in [-0.2, 0) is 4.74 Å². The normalized spacial score (nSPS) is 23.0. The summed E-state index contributed by atoms with van der Waals surface area (Å²) in [6.45, 7) is 10.6. The summed E-state index contributed by atoms with van der Waals surface area (Å²) in [5.41, 5.74) is 0. The lowest BCUT2D eigenvalue weighted by Crippen LogP contribution is -2.47. The number of nitrogens with zero attached hydrogens (tertiary/aromatic N) is 4. The van der Waals surface area contributed by atoms with Gasteiger partial charge in [-0.1, -0.05) is 0 Å². The van der Waals surface area contributed by atoms with Crippen molar-refractivity contribution in [3.8, 4) is 5.88 Å². The summed E-state index contributed by atoms with van der Waals surface area (Å²) in [6.07, 6.45) is 3.96. The molecular weight excluding hydrogens is 268 g/mol. The number of anilines is 1. The molecule has 0 unspecified atom stereocenters. The van der Waals surface area contributed by atoms with Crippen molar-refractivity contribution in [1.82, 2.24) is 14.9 Å². The Morgan fingerprint density at radius 1 is 1.29 bits per heavy atom. The fourth-order valence-corrected chi connectivity index (χ4v) is 2.68. The van der Waals surface area contributed by atoms with E-state index in [1.54, 1.807) is 12.4 Å². The molecule has 2 rings (SSSR count). The molecule has 2 heterocycles. The van der Waals surface area contributed by atoms with Crippen molar-refractivity contribution in [2.45, 2.75) is 33.0 Å². The quantitative estimate of drug-likeness (QED) is 0.791. The number of hydrogen-bond donors (Lipinski definition) is 0. The molecule has 0 aromatic carbocycles. The zero-order chi connectivity index (χ0) is 15.2. The summed E-state index contributed by atoms with van der Waals surface area (Å²) >= 11 is 0. The molecular formula is C15H26N4O2. The number of likely N-dealkylation sites (N-methyl/N-ethyl adjacent to an activating group) is 1. The Hall–Kier alpha value is -1.40. The van der Waals surface area contributed by atoms with Gasteiger partial charge in [-0.25, -0.2) is 9.97 Å². The SMILES string of the molecule is CCOc1nccnc1N(C)CCN1C[C@@H](C)O[C@@H](C)C1. The topological polar surface area (TPSA) is 50.7 Å². The zero-order valence-electron chi connectivity index (χ0n) is 13.5. The van der Waals surface area contributed by atoms with Crippen LogP contribution in [0.4, 0.5) is 5.82 Å². The standard InChI is InChI=1S/C15H26N4O2/c1-5-20-15-14(16-6-7-17-15)18(4)8-9-19-10-12(2)21-13(3)11-19/h6-7,12-13H,5,8-11H2,1-4H3/t12-,13+. The maximum absolute atomic E-state index is 5.76. The van der Waals surface area contributed by atoms with Crippen LogP contribution in [0.2, 0.25) is 0 Å². The van der Waals surface area contributed by atoms with E-state index >= 15 is 0 Å². The van der Waals surface area contributed by atoms with Crippen LogP contribution in [0.1, 0.15) is 20.8 Å². The number of hydrogen-bond acceptors (Lipinski definition) is 6. The fraction of sp³-hybridized carbons (Fsp3) is 0.733. The van der Waals surface area contributed by atoms with E-state index in [1.807, 2.05) is 14.0 Å². The summed E-state index contributed by atoms with van der Waals surface area (Å²) in [4.78, 5) is 13.2. The lowest BCUT2D eigenvalue weighted by atomic mass is 10.2. The van der Waals surface area contributed by atoms with Gasteiger partial charge in [0.25, 0.3) is 5.88 Å². The minimum absolute atomic E-state index is 0.301. The first-order chi connectivity index (χ1) is 10.1. The van der Waals surface area contributed by atoms with Crippen LogP contribution in [0.15, 0.2) is 12.4 Å². The number of aromatic nitrogens is 2.